The molecule has 0 amide bonds. The van der Waals surface area contributed by atoms with Gasteiger partial charge in [-0.1, -0.05) is 18.2 Å². The lowest BCUT2D eigenvalue weighted by atomic mass is 9.91. The second kappa shape index (κ2) is 4.51. The van der Waals surface area contributed by atoms with Crippen molar-refractivity contribution in [3.63, 3.8) is 0 Å². The predicted molar refractivity (Wildman–Crippen MR) is 70.7 cm³/mol. The average molecular weight is 248 g/mol. The minimum atomic E-state index is -1.01. The van der Waals surface area contributed by atoms with Gasteiger partial charge >= 0.3 is 0 Å². The Morgan fingerprint density at radius 3 is 2.53 bits per heavy atom. The van der Waals surface area contributed by atoms with Gasteiger partial charge in [0.05, 0.1) is 7.11 Å². The lowest BCUT2D eigenvalue weighted by Crippen LogP contribution is -2.23. The molecule has 1 heterocycles. The number of aryl methyl sites for hydroxylation is 1. The summed E-state index contributed by atoms with van der Waals surface area (Å²) in [5.41, 5.74) is 0.893. The maximum Gasteiger partial charge on any atom is 0.125 e. The second-order valence-corrected chi connectivity index (χ2v) is 5.12. The van der Waals surface area contributed by atoms with Gasteiger partial charge in [-0.15, -0.1) is 11.3 Å². The largest absolute Gasteiger partial charge is 0.496 e. The number of benzene rings is 1. The van der Waals surface area contributed by atoms with Crippen molar-refractivity contribution in [3.8, 4) is 5.75 Å². The first-order chi connectivity index (χ1) is 8.07. The van der Waals surface area contributed by atoms with E-state index < -0.39 is 5.60 Å². The van der Waals surface area contributed by atoms with Crippen LogP contribution in [0.15, 0.2) is 35.7 Å². The molecule has 17 heavy (non-hydrogen) atoms. The van der Waals surface area contributed by atoms with Crippen LogP contribution in [0.3, 0.4) is 0 Å². The Bertz CT molecular complexity index is 514. The zero-order chi connectivity index (χ0) is 12.5. The number of methoxy groups -OCH3 is 1. The molecule has 1 unspecified atom stereocenters. The fourth-order valence-electron chi connectivity index (χ4n) is 2.04. The van der Waals surface area contributed by atoms with Crippen LogP contribution in [0.1, 0.15) is 22.9 Å². The smallest absolute Gasteiger partial charge is 0.125 e. The molecule has 0 aliphatic heterocycles. The van der Waals surface area contributed by atoms with Gasteiger partial charge in [0.2, 0.25) is 0 Å². The lowest BCUT2D eigenvalue weighted by molar-refractivity contribution is 0.102. The number of thiophene rings is 1. The molecule has 1 atom stereocenters. The van der Waals surface area contributed by atoms with Gasteiger partial charge in [0, 0.05) is 10.4 Å². The van der Waals surface area contributed by atoms with Crippen molar-refractivity contribution >= 4 is 11.3 Å². The van der Waals surface area contributed by atoms with Crippen molar-refractivity contribution < 1.29 is 9.84 Å². The van der Waals surface area contributed by atoms with Crippen molar-refractivity contribution in [3.05, 3.63) is 51.7 Å². The van der Waals surface area contributed by atoms with Crippen molar-refractivity contribution in [2.24, 2.45) is 0 Å². The highest BCUT2D eigenvalue weighted by Gasteiger charge is 2.31. The zero-order valence-electron chi connectivity index (χ0n) is 10.2. The lowest BCUT2D eigenvalue weighted by Gasteiger charge is -2.25. The number of rotatable bonds is 3. The summed E-state index contributed by atoms with van der Waals surface area (Å²) in [5.74, 6) is 0.713. The highest BCUT2D eigenvalue weighted by molar-refractivity contribution is 7.10. The topological polar surface area (TPSA) is 29.5 Å². The third kappa shape index (κ3) is 2.08. The molecule has 1 N–H and O–H groups in total. The summed E-state index contributed by atoms with van der Waals surface area (Å²) >= 11 is 1.56. The van der Waals surface area contributed by atoms with E-state index in [2.05, 4.69) is 0 Å². The van der Waals surface area contributed by atoms with Gasteiger partial charge in [-0.2, -0.15) is 0 Å². The van der Waals surface area contributed by atoms with Crippen LogP contribution in [-0.4, -0.2) is 12.2 Å². The van der Waals surface area contributed by atoms with E-state index in [4.69, 9.17) is 4.74 Å². The van der Waals surface area contributed by atoms with Crippen LogP contribution in [-0.2, 0) is 5.60 Å². The first kappa shape index (κ1) is 12.1. The van der Waals surface area contributed by atoms with E-state index in [0.717, 1.165) is 16.0 Å². The van der Waals surface area contributed by atoms with Crippen LogP contribution in [0, 0.1) is 6.92 Å². The Hall–Kier alpha value is -1.32. The molecular formula is C14H16O2S. The second-order valence-electron chi connectivity index (χ2n) is 4.21. The van der Waals surface area contributed by atoms with Crippen molar-refractivity contribution in [2.75, 3.05) is 7.11 Å². The van der Waals surface area contributed by atoms with Gasteiger partial charge in [0.1, 0.15) is 11.4 Å². The van der Waals surface area contributed by atoms with E-state index in [9.17, 15) is 5.11 Å². The van der Waals surface area contributed by atoms with Crippen LogP contribution < -0.4 is 4.74 Å². The molecule has 0 radical (unpaired) electrons. The summed E-state index contributed by atoms with van der Waals surface area (Å²) in [6.45, 7) is 3.82. The Balaban J connectivity index is 2.55. The van der Waals surface area contributed by atoms with Crippen LogP contribution >= 0.6 is 11.3 Å². The number of aliphatic hydroxyl groups is 1. The molecule has 0 saturated heterocycles. The first-order valence-electron chi connectivity index (χ1n) is 5.48. The van der Waals surface area contributed by atoms with E-state index in [1.165, 1.54) is 0 Å². The van der Waals surface area contributed by atoms with E-state index in [0.29, 0.717) is 5.75 Å². The molecule has 1 aromatic carbocycles. The molecule has 0 aliphatic rings. The monoisotopic (exact) mass is 248 g/mol. The molecule has 0 aliphatic carbocycles. The number of ether oxygens (including phenoxy) is 1. The molecule has 0 saturated carbocycles. The average Bonchev–Trinajstić information content (AvgIpc) is 2.76. The van der Waals surface area contributed by atoms with Gasteiger partial charge < -0.3 is 9.84 Å². The standard InChI is InChI=1S/C14H16O2S/c1-10-8-9-17-13(10)14(2,15)11-6-4-5-7-12(11)16-3/h4-9,15H,1-3H3. The fraction of sp³-hybridized carbons (Fsp3) is 0.286. The Morgan fingerprint density at radius 2 is 1.94 bits per heavy atom. The quantitative estimate of drug-likeness (QED) is 0.903. The molecule has 2 rings (SSSR count). The molecule has 2 aromatic rings. The maximum absolute atomic E-state index is 10.8. The van der Waals surface area contributed by atoms with Crippen LogP contribution in [0.4, 0.5) is 0 Å². The summed E-state index contributed by atoms with van der Waals surface area (Å²) in [4.78, 5) is 0.960. The Morgan fingerprint density at radius 1 is 1.24 bits per heavy atom. The molecule has 0 spiro atoms. The number of para-hydroxylation sites is 1. The zero-order valence-corrected chi connectivity index (χ0v) is 11.0. The fourth-order valence-corrected chi connectivity index (χ4v) is 3.04. The molecular weight excluding hydrogens is 232 g/mol. The molecule has 2 nitrogen and oxygen atoms in total. The van der Waals surface area contributed by atoms with Crippen molar-refractivity contribution in [1.82, 2.24) is 0 Å². The predicted octanol–water partition coefficient (Wildman–Crippen LogP) is 3.32. The van der Waals surface area contributed by atoms with Gasteiger partial charge in [-0.25, -0.2) is 0 Å². The van der Waals surface area contributed by atoms with Gasteiger partial charge in [0.15, 0.2) is 0 Å². The summed E-state index contributed by atoms with van der Waals surface area (Å²) < 4.78 is 5.31. The van der Waals surface area contributed by atoms with Crippen molar-refractivity contribution in [1.29, 1.82) is 0 Å². The summed E-state index contributed by atoms with van der Waals surface area (Å²) in [6.07, 6.45) is 0. The Kier molecular flexibility index (Phi) is 3.22. The van der Waals surface area contributed by atoms with E-state index >= 15 is 0 Å². The van der Waals surface area contributed by atoms with Crippen LogP contribution in [0.2, 0.25) is 0 Å². The minimum Gasteiger partial charge on any atom is -0.496 e. The highest BCUT2D eigenvalue weighted by atomic mass is 32.1. The minimum absolute atomic E-state index is 0.713. The number of hydrogen-bond donors (Lipinski definition) is 1. The SMILES string of the molecule is COc1ccccc1C(C)(O)c1sccc1C. The van der Waals surface area contributed by atoms with Crippen molar-refractivity contribution in [2.45, 2.75) is 19.4 Å². The molecule has 1 aromatic heterocycles. The van der Waals surface area contributed by atoms with Gasteiger partial charge in [-0.05, 0) is 36.9 Å². The van der Waals surface area contributed by atoms with E-state index in [1.807, 2.05) is 49.6 Å². The first-order valence-corrected chi connectivity index (χ1v) is 6.35. The molecule has 0 bridgehead atoms. The highest BCUT2D eigenvalue weighted by Crippen LogP contribution is 2.38. The Labute approximate surface area is 105 Å². The number of hydrogen-bond acceptors (Lipinski definition) is 3. The van der Waals surface area contributed by atoms with E-state index in [-0.39, 0.29) is 0 Å². The molecule has 0 fully saturated rings. The normalized spacial score (nSPS) is 14.4. The summed E-state index contributed by atoms with van der Waals surface area (Å²) in [6, 6.07) is 9.60. The molecule has 90 valence electrons. The van der Waals surface area contributed by atoms with Crippen LogP contribution in [0.5, 0.6) is 5.75 Å². The van der Waals surface area contributed by atoms with Crippen LogP contribution in [0.25, 0.3) is 0 Å². The third-order valence-electron chi connectivity index (χ3n) is 2.94. The molecule has 3 heteroatoms. The van der Waals surface area contributed by atoms with Gasteiger partial charge in [0.25, 0.3) is 0 Å². The maximum atomic E-state index is 10.8. The summed E-state index contributed by atoms with van der Waals surface area (Å²) in [7, 11) is 1.62. The third-order valence-corrected chi connectivity index (χ3v) is 4.16. The van der Waals surface area contributed by atoms with E-state index in [1.54, 1.807) is 18.4 Å². The summed E-state index contributed by atoms with van der Waals surface area (Å²) in [5, 5.41) is 12.8. The van der Waals surface area contributed by atoms with Gasteiger partial charge in [-0.3, -0.25) is 0 Å².